The predicted molar refractivity (Wildman–Crippen MR) is 81.2 cm³/mol. The van der Waals surface area contributed by atoms with Gasteiger partial charge in [0.25, 0.3) is 0 Å². The molecule has 18 heavy (non-hydrogen) atoms. The fourth-order valence-corrected chi connectivity index (χ4v) is 2.05. The molecule has 0 aliphatic rings. The molecule has 1 atom stereocenters. The lowest BCUT2D eigenvalue weighted by Crippen LogP contribution is -2.04. The van der Waals surface area contributed by atoms with Crippen LogP contribution in [-0.4, -0.2) is 6.54 Å². The van der Waals surface area contributed by atoms with E-state index in [9.17, 15) is 0 Å². The Morgan fingerprint density at radius 1 is 0.889 bits per heavy atom. The second-order valence-corrected chi connectivity index (χ2v) is 4.47. The molecular weight excluding hydrogens is 242 g/mol. The summed E-state index contributed by atoms with van der Waals surface area (Å²) in [5, 5.41) is 0. The normalized spacial score (nSPS) is 11.7. The summed E-state index contributed by atoms with van der Waals surface area (Å²) in [6, 6.07) is 19.3. The average Bonchev–Trinajstić information content (AvgIpc) is 2.40. The van der Waals surface area contributed by atoms with Crippen LogP contribution >= 0.6 is 12.4 Å². The SMILES string of the molecule is CC(CCN)c1ccc(-c2ccccc2)cc1.Cl. The highest BCUT2D eigenvalue weighted by Gasteiger charge is 2.04. The van der Waals surface area contributed by atoms with E-state index in [1.165, 1.54) is 16.7 Å². The molecular formula is C16H20ClN. The topological polar surface area (TPSA) is 26.0 Å². The first-order valence-corrected chi connectivity index (χ1v) is 6.16. The standard InChI is InChI=1S/C16H19N.ClH/c1-13(11-12-17)14-7-9-16(10-8-14)15-5-3-2-4-6-15;/h2-10,13H,11-12,17H2,1H3;1H. The van der Waals surface area contributed by atoms with Crippen molar-refractivity contribution in [1.82, 2.24) is 0 Å². The third-order valence-electron chi connectivity index (χ3n) is 3.19. The number of halogens is 1. The minimum Gasteiger partial charge on any atom is -0.330 e. The third kappa shape index (κ3) is 3.59. The number of hydrogen-bond acceptors (Lipinski definition) is 1. The van der Waals surface area contributed by atoms with Gasteiger partial charge in [-0.2, -0.15) is 0 Å². The maximum atomic E-state index is 5.59. The summed E-state index contributed by atoms with van der Waals surface area (Å²) in [5.41, 5.74) is 9.50. The van der Waals surface area contributed by atoms with E-state index in [4.69, 9.17) is 5.73 Å². The van der Waals surface area contributed by atoms with Gasteiger partial charge in [-0.1, -0.05) is 61.5 Å². The molecule has 0 amide bonds. The van der Waals surface area contributed by atoms with E-state index in [1.54, 1.807) is 0 Å². The van der Waals surface area contributed by atoms with Gasteiger partial charge in [0.15, 0.2) is 0 Å². The molecule has 0 heterocycles. The second-order valence-electron chi connectivity index (χ2n) is 4.47. The monoisotopic (exact) mass is 261 g/mol. The Labute approximate surface area is 115 Å². The van der Waals surface area contributed by atoms with Gasteiger partial charge in [0, 0.05) is 0 Å². The summed E-state index contributed by atoms with van der Waals surface area (Å²) in [5.74, 6) is 0.546. The lowest BCUT2D eigenvalue weighted by atomic mass is 9.95. The first kappa shape index (κ1) is 14.7. The Balaban J connectivity index is 0.00000162. The number of hydrogen-bond donors (Lipinski definition) is 1. The summed E-state index contributed by atoms with van der Waals surface area (Å²) < 4.78 is 0. The lowest BCUT2D eigenvalue weighted by Gasteiger charge is -2.11. The Kier molecular flexibility index (Phi) is 5.90. The number of benzene rings is 2. The van der Waals surface area contributed by atoms with E-state index in [1.807, 2.05) is 6.07 Å². The van der Waals surface area contributed by atoms with Gasteiger partial charge in [-0.05, 0) is 35.6 Å². The van der Waals surface area contributed by atoms with Crippen molar-refractivity contribution in [3.63, 3.8) is 0 Å². The molecule has 0 saturated heterocycles. The summed E-state index contributed by atoms with van der Waals surface area (Å²) >= 11 is 0. The van der Waals surface area contributed by atoms with Gasteiger partial charge in [-0.15, -0.1) is 12.4 Å². The van der Waals surface area contributed by atoms with Crippen LogP contribution in [0, 0.1) is 0 Å². The summed E-state index contributed by atoms with van der Waals surface area (Å²) in [6.07, 6.45) is 1.05. The van der Waals surface area contributed by atoms with Crippen molar-refractivity contribution < 1.29 is 0 Å². The predicted octanol–water partition coefficient (Wildman–Crippen LogP) is 4.23. The molecule has 2 aromatic rings. The molecule has 0 fully saturated rings. The fraction of sp³-hybridized carbons (Fsp3) is 0.250. The lowest BCUT2D eigenvalue weighted by molar-refractivity contribution is 0.690. The minimum absolute atomic E-state index is 0. The van der Waals surface area contributed by atoms with Crippen LogP contribution in [0.2, 0.25) is 0 Å². The van der Waals surface area contributed by atoms with Crippen LogP contribution < -0.4 is 5.73 Å². The Bertz CT molecular complexity index is 450. The molecule has 1 unspecified atom stereocenters. The van der Waals surface area contributed by atoms with E-state index < -0.39 is 0 Å². The van der Waals surface area contributed by atoms with Crippen molar-refractivity contribution in [2.24, 2.45) is 5.73 Å². The number of nitrogens with two attached hydrogens (primary N) is 1. The van der Waals surface area contributed by atoms with Gasteiger partial charge in [0.05, 0.1) is 0 Å². The fourth-order valence-electron chi connectivity index (χ4n) is 2.05. The average molecular weight is 262 g/mol. The first-order chi connectivity index (χ1) is 8.31. The van der Waals surface area contributed by atoms with Gasteiger partial charge in [-0.3, -0.25) is 0 Å². The molecule has 0 bridgehead atoms. The van der Waals surface area contributed by atoms with Crippen molar-refractivity contribution in [2.45, 2.75) is 19.3 Å². The Morgan fingerprint density at radius 2 is 1.44 bits per heavy atom. The molecule has 0 aromatic heterocycles. The van der Waals surface area contributed by atoms with Gasteiger partial charge in [-0.25, -0.2) is 0 Å². The molecule has 2 rings (SSSR count). The zero-order valence-corrected chi connectivity index (χ0v) is 11.5. The third-order valence-corrected chi connectivity index (χ3v) is 3.19. The molecule has 2 heteroatoms. The highest BCUT2D eigenvalue weighted by Crippen LogP contribution is 2.23. The minimum atomic E-state index is 0. The summed E-state index contributed by atoms with van der Waals surface area (Å²) in [4.78, 5) is 0. The molecule has 0 spiro atoms. The van der Waals surface area contributed by atoms with Gasteiger partial charge in [0.2, 0.25) is 0 Å². The van der Waals surface area contributed by atoms with Crippen molar-refractivity contribution >= 4 is 12.4 Å². The highest BCUT2D eigenvalue weighted by atomic mass is 35.5. The van der Waals surface area contributed by atoms with Crippen LogP contribution in [-0.2, 0) is 0 Å². The van der Waals surface area contributed by atoms with Crippen molar-refractivity contribution in [1.29, 1.82) is 0 Å². The summed E-state index contributed by atoms with van der Waals surface area (Å²) in [7, 11) is 0. The van der Waals surface area contributed by atoms with Crippen LogP contribution in [0.25, 0.3) is 11.1 Å². The van der Waals surface area contributed by atoms with E-state index in [2.05, 4.69) is 55.5 Å². The van der Waals surface area contributed by atoms with Crippen molar-refractivity contribution in [2.75, 3.05) is 6.54 Å². The highest BCUT2D eigenvalue weighted by molar-refractivity contribution is 5.85. The van der Waals surface area contributed by atoms with Crippen molar-refractivity contribution in [3.05, 3.63) is 60.2 Å². The Morgan fingerprint density at radius 3 is 2.00 bits per heavy atom. The molecule has 2 aromatic carbocycles. The molecule has 0 aliphatic carbocycles. The van der Waals surface area contributed by atoms with Crippen LogP contribution in [0.4, 0.5) is 0 Å². The maximum absolute atomic E-state index is 5.59. The quantitative estimate of drug-likeness (QED) is 0.876. The van der Waals surface area contributed by atoms with Crippen LogP contribution in [0.1, 0.15) is 24.8 Å². The van der Waals surface area contributed by atoms with E-state index in [-0.39, 0.29) is 12.4 Å². The zero-order valence-electron chi connectivity index (χ0n) is 10.7. The molecule has 1 nitrogen and oxygen atoms in total. The molecule has 0 saturated carbocycles. The second kappa shape index (κ2) is 7.20. The van der Waals surface area contributed by atoms with Gasteiger partial charge in [0.1, 0.15) is 0 Å². The molecule has 2 N–H and O–H groups in total. The number of rotatable bonds is 4. The molecule has 96 valence electrons. The smallest absolute Gasteiger partial charge is 0.00715 e. The van der Waals surface area contributed by atoms with E-state index >= 15 is 0 Å². The first-order valence-electron chi connectivity index (χ1n) is 6.16. The van der Waals surface area contributed by atoms with Crippen LogP contribution in [0.15, 0.2) is 54.6 Å². The van der Waals surface area contributed by atoms with Crippen LogP contribution in [0.5, 0.6) is 0 Å². The van der Waals surface area contributed by atoms with E-state index in [0.29, 0.717) is 5.92 Å². The zero-order chi connectivity index (χ0) is 12.1. The summed E-state index contributed by atoms with van der Waals surface area (Å²) in [6.45, 7) is 2.98. The largest absolute Gasteiger partial charge is 0.330 e. The van der Waals surface area contributed by atoms with Crippen molar-refractivity contribution in [3.8, 4) is 11.1 Å². The van der Waals surface area contributed by atoms with Gasteiger partial charge < -0.3 is 5.73 Å². The Hall–Kier alpha value is -1.31. The molecule has 0 radical (unpaired) electrons. The van der Waals surface area contributed by atoms with Crippen LogP contribution in [0.3, 0.4) is 0 Å². The maximum Gasteiger partial charge on any atom is -0.00715 e. The van der Waals surface area contributed by atoms with E-state index in [0.717, 1.165) is 13.0 Å². The molecule has 0 aliphatic heterocycles. The van der Waals surface area contributed by atoms with Gasteiger partial charge >= 0.3 is 0 Å².